The summed E-state index contributed by atoms with van der Waals surface area (Å²) in [5.41, 5.74) is 1.84. The average molecular weight is 428 g/mol. The first kappa shape index (κ1) is 22.6. The summed E-state index contributed by atoms with van der Waals surface area (Å²) in [5.74, 6) is -1.12. The molecular weight excluding hydrogens is 402 g/mol. The van der Waals surface area contributed by atoms with Gasteiger partial charge in [-0.25, -0.2) is 13.8 Å². The Labute approximate surface area is 180 Å². The van der Waals surface area contributed by atoms with Crippen molar-refractivity contribution in [2.24, 2.45) is 5.10 Å². The van der Waals surface area contributed by atoms with Gasteiger partial charge in [-0.15, -0.1) is 0 Å². The monoisotopic (exact) mass is 428 g/mol. The fraction of sp³-hybridized carbons (Fsp3) is 0.348. The van der Waals surface area contributed by atoms with Crippen molar-refractivity contribution in [2.75, 3.05) is 27.2 Å². The number of amides is 2. The Morgan fingerprint density at radius 1 is 0.935 bits per heavy atom. The van der Waals surface area contributed by atoms with Gasteiger partial charge in [0.05, 0.1) is 6.54 Å². The second kappa shape index (κ2) is 10.3. The molecule has 0 aliphatic carbocycles. The number of carbonyl (C=O) groups is 2. The number of carbonyl (C=O) groups excluding carboxylic acids is 2. The first-order chi connectivity index (χ1) is 14.8. The van der Waals surface area contributed by atoms with Crippen molar-refractivity contribution in [1.82, 2.24) is 14.8 Å². The highest BCUT2D eigenvalue weighted by Gasteiger charge is 2.27. The lowest BCUT2D eigenvalue weighted by Crippen LogP contribution is -2.43. The number of hydrogen-bond acceptors (Lipinski definition) is 4. The van der Waals surface area contributed by atoms with Crippen LogP contribution in [0.2, 0.25) is 0 Å². The van der Waals surface area contributed by atoms with Gasteiger partial charge in [-0.05, 0) is 49.5 Å². The normalized spacial score (nSPS) is 14.0. The minimum Gasteiger partial charge on any atom is -0.332 e. The van der Waals surface area contributed by atoms with Gasteiger partial charge in [-0.1, -0.05) is 24.3 Å². The highest BCUT2D eigenvalue weighted by atomic mass is 19.1. The molecule has 2 aromatic carbocycles. The predicted octanol–water partition coefficient (Wildman–Crippen LogP) is 3.03. The summed E-state index contributed by atoms with van der Waals surface area (Å²) in [5, 5.41) is 5.60. The Morgan fingerprint density at radius 2 is 1.52 bits per heavy atom. The van der Waals surface area contributed by atoms with Crippen LogP contribution < -0.4 is 0 Å². The van der Waals surface area contributed by atoms with Crippen LogP contribution in [-0.4, -0.2) is 59.5 Å². The van der Waals surface area contributed by atoms with Gasteiger partial charge >= 0.3 is 0 Å². The minimum atomic E-state index is -0.356. The molecule has 0 spiro atoms. The van der Waals surface area contributed by atoms with Gasteiger partial charge < -0.3 is 9.80 Å². The van der Waals surface area contributed by atoms with Crippen molar-refractivity contribution in [3.05, 3.63) is 71.3 Å². The number of rotatable bonds is 8. The number of nitrogens with zero attached hydrogens (tertiary/aromatic N) is 4. The Hall–Kier alpha value is -3.13. The Kier molecular flexibility index (Phi) is 7.46. The van der Waals surface area contributed by atoms with E-state index in [0.717, 1.165) is 11.1 Å². The molecule has 3 rings (SSSR count). The zero-order chi connectivity index (χ0) is 22.4. The highest BCUT2D eigenvalue weighted by molar-refractivity contribution is 6.39. The molecule has 2 aromatic rings. The van der Waals surface area contributed by atoms with Crippen LogP contribution in [0, 0.1) is 11.6 Å². The number of likely N-dealkylation sites (N-methyl/N-ethyl adjacent to an activating group) is 1. The molecule has 164 valence electrons. The molecule has 0 bridgehead atoms. The van der Waals surface area contributed by atoms with Crippen LogP contribution in [0.3, 0.4) is 0 Å². The van der Waals surface area contributed by atoms with Gasteiger partial charge in [0.25, 0.3) is 5.91 Å². The van der Waals surface area contributed by atoms with E-state index in [1.807, 2.05) is 19.0 Å². The van der Waals surface area contributed by atoms with Gasteiger partial charge in [-0.3, -0.25) is 9.59 Å². The third kappa shape index (κ3) is 6.42. The van der Waals surface area contributed by atoms with Crippen LogP contribution >= 0.6 is 0 Å². The van der Waals surface area contributed by atoms with Gasteiger partial charge in [0.15, 0.2) is 0 Å². The zero-order valence-corrected chi connectivity index (χ0v) is 17.7. The van der Waals surface area contributed by atoms with Crippen LogP contribution in [0.25, 0.3) is 0 Å². The molecule has 1 aliphatic heterocycles. The number of halogens is 2. The van der Waals surface area contributed by atoms with Gasteiger partial charge in [0.2, 0.25) is 5.91 Å². The van der Waals surface area contributed by atoms with Crippen molar-refractivity contribution in [3.8, 4) is 0 Å². The SMILES string of the molecule is CN(C)CCN(Cc1ccc(F)cc1)C(=O)C1=NN(Cc2ccc(F)cc2)C(=O)CC1. The third-order valence-corrected chi connectivity index (χ3v) is 4.99. The van der Waals surface area contributed by atoms with E-state index in [1.165, 1.54) is 29.3 Å². The molecule has 1 heterocycles. The van der Waals surface area contributed by atoms with E-state index >= 15 is 0 Å². The van der Waals surface area contributed by atoms with E-state index in [-0.39, 0.29) is 42.8 Å². The minimum absolute atomic E-state index is 0.172. The summed E-state index contributed by atoms with van der Waals surface area (Å²) >= 11 is 0. The average Bonchev–Trinajstić information content (AvgIpc) is 2.75. The molecule has 0 atom stereocenters. The van der Waals surface area contributed by atoms with E-state index in [9.17, 15) is 18.4 Å². The fourth-order valence-corrected chi connectivity index (χ4v) is 3.21. The Balaban J connectivity index is 1.77. The lowest BCUT2D eigenvalue weighted by Gasteiger charge is -2.28. The summed E-state index contributed by atoms with van der Waals surface area (Å²) in [7, 11) is 3.84. The Morgan fingerprint density at radius 3 is 2.10 bits per heavy atom. The largest absolute Gasteiger partial charge is 0.332 e. The molecule has 0 radical (unpaired) electrons. The summed E-state index contributed by atoms with van der Waals surface area (Å²) in [6, 6.07) is 11.9. The lowest BCUT2D eigenvalue weighted by atomic mass is 10.1. The first-order valence-electron chi connectivity index (χ1n) is 10.1. The van der Waals surface area contributed by atoms with E-state index in [1.54, 1.807) is 29.2 Å². The molecule has 0 saturated carbocycles. The van der Waals surface area contributed by atoms with E-state index in [4.69, 9.17) is 0 Å². The number of hydrogen-bond donors (Lipinski definition) is 0. The zero-order valence-electron chi connectivity index (χ0n) is 17.7. The van der Waals surface area contributed by atoms with Crippen molar-refractivity contribution in [2.45, 2.75) is 25.9 Å². The van der Waals surface area contributed by atoms with Gasteiger partial charge in [0, 0.05) is 32.5 Å². The maximum Gasteiger partial charge on any atom is 0.270 e. The maximum absolute atomic E-state index is 13.2. The molecule has 0 N–H and O–H groups in total. The van der Waals surface area contributed by atoms with Crippen LogP contribution in [-0.2, 0) is 22.7 Å². The number of hydrazone groups is 1. The summed E-state index contributed by atoms with van der Waals surface area (Å²) in [4.78, 5) is 29.2. The van der Waals surface area contributed by atoms with Crippen molar-refractivity contribution >= 4 is 17.5 Å². The van der Waals surface area contributed by atoms with Crippen LogP contribution in [0.15, 0.2) is 53.6 Å². The molecular formula is C23H26F2N4O2. The van der Waals surface area contributed by atoms with Crippen molar-refractivity contribution in [1.29, 1.82) is 0 Å². The molecule has 0 fully saturated rings. The molecule has 1 aliphatic rings. The molecule has 0 unspecified atom stereocenters. The lowest BCUT2D eigenvalue weighted by molar-refractivity contribution is -0.132. The van der Waals surface area contributed by atoms with Gasteiger partial charge in [0.1, 0.15) is 17.3 Å². The maximum atomic E-state index is 13.2. The van der Waals surface area contributed by atoms with Gasteiger partial charge in [-0.2, -0.15) is 5.10 Å². The molecule has 6 nitrogen and oxygen atoms in total. The summed E-state index contributed by atoms with van der Waals surface area (Å²) in [6.45, 7) is 1.61. The fourth-order valence-electron chi connectivity index (χ4n) is 3.21. The molecule has 8 heteroatoms. The molecule has 2 amide bonds. The molecule has 31 heavy (non-hydrogen) atoms. The predicted molar refractivity (Wildman–Crippen MR) is 114 cm³/mol. The van der Waals surface area contributed by atoms with E-state index in [0.29, 0.717) is 25.3 Å². The van der Waals surface area contributed by atoms with E-state index in [2.05, 4.69) is 5.10 Å². The van der Waals surface area contributed by atoms with Crippen molar-refractivity contribution < 1.29 is 18.4 Å². The standard InChI is InChI=1S/C23H26F2N4O2/c1-27(2)13-14-28(15-17-3-7-19(24)8-4-17)23(31)21-11-12-22(30)29(26-21)16-18-5-9-20(25)10-6-18/h3-10H,11-16H2,1-2H3. The second-order valence-electron chi connectivity index (χ2n) is 7.78. The van der Waals surface area contributed by atoms with Crippen molar-refractivity contribution in [3.63, 3.8) is 0 Å². The highest BCUT2D eigenvalue weighted by Crippen LogP contribution is 2.16. The van der Waals surface area contributed by atoms with Crippen LogP contribution in [0.4, 0.5) is 8.78 Å². The summed E-state index contributed by atoms with van der Waals surface area (Å²) < 4.78 is 26.4. The molecule has 0 aromatic heterocycles. The van der Waals surface area contributed by atoms with E-state index < -0.39 is 0 Å². The second-order valence-corrected chi connectivity index (χ2v) is 7.78. The van der Waals surface area contributed by atoms with Crippen LogP contribution in [0.1, 0.15) is 24.0 Å². The Bertz CT molecular complexity index is 943. The first-order valence-corrected chi connectivity index (χ1v) is 10.1. The number of benzene rings is 2. The van der Waals surface area contributed by atoms with Crippen LogP contribution in [0.5, 0.6) is 0 Å². The quantitative estimate of drug-likeness (QED) is 0.650. The summed E-state index contributed by atoms with van der Waals surface area (Å²) in [6.07, 6.45) is 0.448. The third-order valence-electron chi connectivity index (χ3n) is 4.99. The topological polar surface area (TPSA) is 56.2 Å². The smallest absolute Gasteiger partial charge is 0.270 e. The molecule has 0 saturated heterocycles.